The lowest BCUT2D eigenvalue weighted by molar-refractivity contribution is -0.166. The summed E-state index contributed by atoms with van der Waals surface area (Å²) in [5, 5.41) is 27.6. The molecule has 0 spiro atoms. The molecule has 0 aliphatic rings. The molecule has 0 unspecified atom stereocenters. The summed E-state index contributed by atoms with van der Waals surface area (Å²) >= 11 is 0. The Morgan fingerprint density at radius 2 is 1.89 bits per heavy atom. The third-order valence-electron chi connectivity index (χ3n) is 2.08. The van der Waals surface area contributed by atoms with E-state index in [2.05, 4.69) is 11.3 Å². The summed E-state index contributed by atoms with van der Waals surface area (Å²) in [6.45, 7) is 3.52. The molecule has 0 aromatic carbocycles. The minimum Gasteiger partial charge on any atom is -0.448 e. The minimum absolute atomic E-state index is 0.0379. The van der Waals surface area contributed by atoms with E-state index in [9.17, 15) is 19.8 Å². The van der Waals surface area contributed by atoms with Gasteiger partial charge in [0.25, 0.3) is 0 Å². The molecule has 0 bridgehead atoms. The van der Waals surface area contributed by atoms with Crippen LogP contribution in [0.15, 0.2) is 12.2 Å². The number of aliphatic hydroxyl groups excluding tert-OH is 3. The normalized spacial score (nSPS) is 15.6. The molecule has 0 heterocycles. The second-order valence-electron chi connectivity index (χ2n) is 3.75. The van der Waals surface area contributed by atoms with E-state index in [4.69, 9.17) is 9.84 Å². The molecule has 18 heavy (non-hydrogen) atoms. The van der Waals surface area contributed by atoms with Crippen LogP contribution < -0.4 is 0 Å². The van der Waals surface area contributed by atoms with Crippen LogP contribution >= 0.6 is 0 Å². The summed E-state index contributed by atoms with van der Waals surface area (Å²) in [5.41, 5.74) is 0.0379. The summed E-state index contributed by atoms with van der Waals surface area (Å²) in [6.07, 6.45) is -4.95. The monoisotopic (exact) mass is 262 g/mol. The van der Waals surface area contributed by atoms with E-state index in [1.807, 2.05) is 0 Å². The molecule has 0 saturated carbocycles. The first-order valence-corrected chi connectivity index (χ1v) is 5.20. The highest BCUT2D eigenvalue weighted by Gasteiger charge is 2.34. The standard InChI is InChI=1S/C11H18O7/c1-6(2)11(16)18-10(8(14)5-17-3)9(15)7(13)4-12/h7,9-10,12-13,15H,1,4-5H2,2-3H3/t7-,9+,10+/m1/s1. The molecule has 0 aromatic rings. The molecule has 0 saturated heterocycles. The summed E-state index contributed by atoms with van der Waals surface area (Å²) in [7, 11) is 1.25. The molecule has 0 rings (SSSR count). The Morgan fingerprint density at radius 1 is 1.33 bits per heavy atom. The predicted molar refractivity (Wildman–Crippen MR) is 60.7 cm³/mol. The highest BCUT2D eigenvalue weighted by Crippen LogP contribution is 2.09. The van der Waals surface area contributed by atoms with Crippen molar-refractivity contribution in [3.05, 3.63) is 12.2 Å². The van der Waals surface area contributed by atoms with Crippen molar-refractivity contribution in [2.24, 2.45) is 0 Å². The number of methoxy groups -OCH3 is 1. The van der Waals surface area contributed by atoms with Gasteiger partial charge in [0.15, 0.2) is 6.10 Å². The van der Waals surface area contributed by atoms with Gasteiger partial charge in [0.1, 0.15) is 18.8 Å². The summed E-state index contributed by atoms with van der Waals surface area (Å²) < 4.78 is 9.29. The van der Waals surface area contributed by atoms with Gasteiger partial charge in [0, 0.05) is 12.7 Å². The number of aliphatic hydroxyl groups is 3. The minimum atomic E-state index is -1.74. The number of hydrogen-bond acceptors (Lipinski definition) is 7. The molecule has 3 atom stereocenters. The average molecular weight is 262 g/mol. The van der Waals surface area contributed by atoms with E-state index < -0.39 is 43.3 Å². The molecule has 3 N–H and O–H groups in total. The molecule has 0 aliphatic heterocycles. The molecule has 0 aliphatic carbocycles. The van der Waals surface area contributed by atoms with Crippen molar-refractivity contribution in [1.29, 1.82) is 0 Å². The van der Waals surface area contributed by atoms with Gasteiger partial charge in [-0.1, -0.05) is 6.58 Å². The van der Waals surface area contributed by atoms with Crippen molar-refractivity contribution in [2.75, 3.05) is 20.3 Å². The van der Waals surface area contributed by atoms with Crippen molar-refractivity contribution in [1.82, 2.24) is 0 Å². The highest BCUT2D eigenvalue weighted by molar-refractivity contribution is 5.92. The largest absolute Gasteiger partial charge is 0.448 e. The quantitative estimate of drug-likeness (QED) is 0.357. The number of carbonyl (C=O) groups excluding carboxylic acids is 2. The van der Waals surface area contributed by atoms with Gasteiger partial charge in [-0.25, -0.2) is 4.79 Å². The molecule has 0 aromatic heterocycles. The fraction of sp³-hybridized carbons (Fsp3) is 0.636. The molecule has 0 radical (unpaired) electrons. The first kappa shape index (κ1) is 16.7. The lowest BCUT2D eigenvalue weighted by Crippen LogP contribution is -2.47. The zero-order valence-electron chi connectivity index (χ0n) is 10.3. The van der Waals surface area contributed by atoms with E-state index in [1.54, 1.807) is 0 Å². The number of ketones is 1. The van der Waals surface area contributed by atoms with Gasteiger partial charge in [-0.15, -0.1) is 0 Å². The first-order chi connectivity index (χ1) is 8.34. The van der Waals surface area contributed by atoms with Crippen LogP contribution in [-0.2, 0) is 19.1 Å². The zero-order valence-corrected chi connectivity index (χ0v) is 10.3. The van der Waals surface area contributed by atoms with E-state index >= 15 is 0 Å². The third kappa shape index (κ3) is 4.92. The van der Waals surface area contributed by atoms with Gasteiger partial charge in [-0.2, -0.15) is 0 Å². The Bertz CT molecular complexity index is 313. The van der Waals surface area contributed by atoms with Crippen molar-refractivity contribution in [2.45, 2.75) is 25.2 Å². The van der Waals surface area contributed by atoms with E-state index in [-0.39, 0.29) is 5.57 Å². The van der Waals surface area contributed by atoms with Gasteiger partial charge in [0.2, 0.25) is 5.78 Å². The maximum absolute atomic E-state index is 11.6. The molecular formula is C11H18O7. The van der Waals surface area contributed by atoms with Gasteiger partial charge in [0.05, 0.1) is 6.61 Å². The lowest BCUT2D eigenvalue weighted by atomic mass is 10.0. The number of Topliss-reactive ketones (excluding diaryl/α,β-unsaturated/α-hetero) is 1. The maximum atomic E-state index is 11.6. The van der Waals surface area contributed by atoms with Gasteiger partial charge in [-0.05, 0) is 6.92 Å². The fourth-order valence-corrected chi connectivity index (χ4v) is 1.08. The SMILES string of the molecule is C=C(C)C(=O)O[C@@H](C(=O)COC)[C@@H](O)[C@H](O)CO. The summed E-state index contributed by atoms with van der Waals surface area (Å²) in [5.74, 6) is -1.61. The van der Waals surface area contributed by atoms with Crippen molar-refractivity contribution in [3.63, 3.8) is 0 Å². The van der Waals surface area contributed by atoms with Gasteiger partial charge in [-0.3, -0.25) is 4.79 Å². The van der Waals surface area contributed by atoms with E-state index in [0.29, 0.717) is 0 Å². The number of hydrogen-bond donors (Lipinski definition) is 3. The van der Waals surface area contributed by atoms with Gasteiger partial charge >= 0.3 is 5.97 Å². The van der Waals surface area contributed by atoms with Crippen LogP contribution in [0.4, 0.5) is 0 Å². The topological polar surface area (TPSA) is 113 Å². The second kappa shape index (κ2) is 7.93. The predicted octanol–water partition coefficient (Wildman–Crippen LogP) is -1.60. The Morgan fingerprint density at radius 3 is 2.28 bits per heavy atom. The third-order valence-corrected chi connectivity index (χ3v) is 2.08. The fourth-order valence-electron chi connectivity index (χ4n) is 1.08. The van der Waals surface area contributed by atoms with Crippen LogP contribution in [-0.4, -0.2) is 65.7 Å². The molecule has 0 fully saturated rings. The van der Waals surface area contributed by atoms with Crippen LogP contribution in [0.1, 0.15) is 6.92 Å². The Labute approximate surface area is 105 Å². The van der Waals surface area contributed by atoms with Crippen LogP contribution in [0.3, 0.4) is 0 Å². The van der Waals surface area contributed by atoms with Crippen LogP contribution in [0, 0.1) is 0 Å². The Balaban J connectivity index is 4.87. The number of ether oxygens (including phenoxy) is 2. The van der Waals surface area contributed by atoms with Crippen LogP contribution in [0.2, 0.25) is 0 Å². The molecular weight excluding hydrogens is 244 g/mol. The van der Waals surface area contributed by atoms with Crippen LogP contribution in [0.25, 0.3) is 0 Å². The van der Waals surface area contributed by atoms with E-state index in [1.165, 1.54) is 14.0 Å². The summed E-state index contributed by atoms with van der Waals surface area (Å²) in [6, 6.07) is 0. The summed E-state index contributed by atoms with van der Waals surface area (Å²) in [4.78, 5) is 22.9. The number of carbonyl (C=O) groups is 2. The lowest BCUT2D eigenvalue weighted by Gasteiger charge is -2.24. The number of rotatable bonds is 8. The Hall–Kier alpha value is -1.28. The molecule has 104 valence electrons. The van der Waals surface area contributed by atoms with Crippen LogP contribution in [0.5, 0.6) is 0 Å². The van der Waals surface area contributed by atoms with E-state index in [0.717, 1.165) is 0 Å². The van der Waals surface area contributed by atoms with Gasteiger partial charge < -0.3 is 24.8 Å². The average Bonchev–Trinajstić information content (AvgIpc) is 2.33. The number of esters is 1. The van der Waals surface area contributed by atoms with Crippen molar-refractivity contribution >= 4 is 11.8 Å². The molecule has 7 heteroatoms. The molecule has 0 amide bonds. The van der Waals surface area contributed by atoms with Crippen molar-refractivity contribution < 1.29 is 34.4 Å². The zero-order chi connectivity index (χ0) is 14.3. The van der Waals surface area contributed by atoms with Crippen molar-refractivity contribution in [3.8, 4) is 0 Å². The maximum Gasteiger partial charge on any atom is 0.333 e. The Kier molecular flexibility index (Phi) is 7.37. The smallest absolute Gasteiger partial charge is 0.333 e. The second-order valence-corrected chi connectivity index (χ2v) is 3.75. The first-order valence-electron chi connectivity index (χ1n) is 5.20. The molecule has 7 nitrogen and oxygen atoms in total. The highest BCUT2D eigenvalue weighted by atomic mass is 16.6.